The number of hydrazine groups is 1. The van der Waals surface area contributed by atoms with Crippen LogP contribution < -0.4 is 11.3 Å². The third-order valence-electron chi connectivity index (χ3n) is 1.55. The van der Waals surface area contributed by atoms with Gasteiger partial charge in [-0.1, -0.05) is 6.08 Å². The van der Waals surface area contributed by atoms with Crippen molar-refractivity contribution < 1.29 is 0 Å². The molecule has 12 heavy (non-hydrogen) atoms. The Kier molecular flexibility index (Phi) is 3.40. The Hall–Kier alpha value is -0.710. The van der Waals surface area contributed by atoms with Crippen molar-refractivity contribution in [2.45, 2.75) is 6.04 Å². The summed E-state index contributed by atoms with van der Waals surface area (Å²) in [5.74, 6) is 5.32. The van der Waals surface area contributed by atoms with Crippen LogP contribution in [0, 0.1) is 0 Å². The zero-order valence-corrected chi connectivity index (χ0v) is 8.08. The van der Waals surface area contributed by atoms with Crippen LogP contribution >= 0.6 is 15.9 Å². The minimum atomic E-state index is -0.0395. The predicted octanol–water partition coefficient (Wildman–Crippen LogP) is 1.53. The maximum absolute atomic E-state index is 5.32. The summed E-state index contributed by atoms with van der Waals surface area (Å²) in [5.41, 5.74) is 3.66. The van der Waals surface area contributed by atoms with Gasteiger partial charge < -0.3 is 0 Å². The normalized spacial score (nSPS) is 12.5. The second kappa shape index (κ2) is 4.35. The number of nitrogens with zero attached hydrogens (tertiary/aromatic N) is 1. The van der Waals surface area contributed by atoms with Gasteiger partial charge in [0.25, 0.3) is 0 Å². The lowest BCUT2D eigenvalue weighted by Gasteiger charge is -2.12. The summed E-state index contributed by atoms with van der Waals surface area (Å²) < 4.78 is 0.924. The molecule has 1 unspecified atom stereocenters. The Morgan fingerprint density at radius 2 is 2.50 bits per heavy atom. The summed E-state index contributed by atoms with van der Waals surface area (Å²) >= 11 is 3.37. The number of nitrogens with two attached hydrogens (primary N) is 1. The molecular weight excluding hydrogens is 218 g/mol. The molecule has 0 saturated heterocycles. The first-order valence-corrected chi connectivity index (χ1v) is 4.27. The highest BCUT2D eigenvalue weighted by molar-refractivity contribution is 9.10. The molecule has 0 aliphatic carbocycles. The zero-order valence-electron chi connectivity index (χ0n) is 6.50. The SMILES string of the molecule is C=CC(NN)c1ccncc1Br. The van der Waals surface area contributed by atoms with Crippen molar-refractivity contribution in [3.8, 4) is 0 Å². The molecule has 1 heterocycles. The van der Waals surface area contributed by atoms with E-state index in [9.17, 15) is 0 Å². The molecule has 64 valence electrons. The summed E-state index contributed by atoms with van der Waals surface area (Å²) in [6.07, 6.45) is 5.18. The molecule has 0 spiro atoms. The van der Waals surface area contributed by atoms with Gasteiger partial charge in [-0.2, -0.15) is 0 Å². The fourth-order valence-corrected chi connectivity index (χ4v) is 1.42. The van der Waals surface area contributed by atoms with E-state index in [1.54, 1.807) is 18.5 Å². The number of halogens is 1. The molecule has 4 heteroatoms. The maximum atomic E-state index is 5.32. The van der Waals surface area contributed by atoms with E-state index < -0.39 is 0 Å². The lowest BCUT2D eigenvalue weighted by molar-refractivity contribution is 0.653. The lowest BCUT2D eigenvalue weighted by Crippen LogP contribution is -2.26. The summed E-state index contributed by atoms with van der Waals surface area (Å²) in [4.78, 5) is 3.95. The Bertz CT molecular complexity index is 275. The minimum Gasteiger partial charge on any atom is -0.271 e. The van der Waals surface area contributed by atoms with E-state index >= 15 is 0 Å². The molecule has 1 aromatic rings. The number of nitrogens with one attached hydrogen (secondary N) is 1. The van der Waals surface area contributed by atoms with Crippen LogP contribution in [0.3, 0.4) is 0 Å². The number of pyridine rings is 1. The highest BCUT2D eigenvalue weighted by Crippen LogP contribution is 2.21. The Morgan fingerprint density at radius 3 is 3.00 bits per heavy atom. The quantitative estimate of drug-likeness (QED) is 0.468. The first kappa shape index (κ1) is 9.38. The molecule has 0 aromatic carbocycles. The van der Waals surface area contributed by atoms with Crippen LogP contribution in [0.4, 0.5) is 0 Å². The average Bonchev–Trinajstić information content (AvgIpc) is 2.10. The standard InChI is InChI=1S/C8H10BrN3/c1-2-8(12-10)6-3-4-11-5-7(6)9/h2-5,8,12H,1,10H2. The third-order valence-corrected chi connectivity index (χ3v) is 2.22. The molecule has 1 atom stereocenters. The van der Waals surface area contributed by atoms with Gasteiger partial charge in [-0.05, 0) is 27.6 Å². The molecular formula is C8H10BrN3. The molecule has 0 fully saturated rings. The fraction of sp³-hybridized carbons (Fsp3) is 0.125. The number of rotatable bonds is 3. The van der Waals surface area contributed by atoms with Crippen LogP contribution in [0.15, 0.2) is 35.6 Å². The molecule has 0 radical (unpaired) electrons. The first-order chi connectivity index (χ1) is 5.79. The third kappa shape index (κ3) is 1.91. The van der Waals surface area contributed by atoms with E-state index in [2.05, 4.69) is 32.9 Å². The summed E-state index contributed by atoms with van der Waals surface area (Å²) in [5, 5.41) is 0. The van der Waals surface area contributed by atoms with Crippen molar-refractivity contribution in [2.75, 3.05) is 0 Å². The van der Waals surface area contributed by atoms with E-state index in [0.717, 1.165) is 10.0 Å². The number of aromatic nitrogens is 1. The monoisotopic (exact) mass is 227 g/mol. The second-order valence-electron chi connectivity index (χ2n) is 2.28. The van der Waals surface area contributed by atoms with Crippen molar-refractivity contribution in [1.82, 2.24) is 10.4 Å². The van der Waals surface area contributed by atoms with Crippen LogP contribution in [-0.2, 0) is 0 Å². The molecule has 1 rings (SSSR count). The maximum Gasteiger partial charge on any atom is 0.0650 e. The Morgan fingerprint density at radius 1 is 1.75 bits per heavy atom. The molecule has 3 nitrogen and oxygen atoms in total. The van der Waals surface area contributed by atoms with Gasteiger partial charge in [0.05, 0.1) is 6.04 Å². The second-order valence-corrected chi connectivity index (χ2v) is 3.13. The van der Waals surface area contributed by atoms with Gasteiger partial charge in [0.2, 0.25) is 0 Å². The smallest absolute Gasteiger partial charge is 0.0650 e. The minimum absolute atomic E-state index is 0.0395. The molecule has 0 aliphatic heterocycles. The van der Waals surface area contributed by atoms with E-state index in [1.807, 2.05) is 6.07 Å². The molecule has 1 aromatic heterocycles. The number of hydrogen-bond donors (Lipinski definition) is 2. The van der Waals surface area contributed by atoms with Gasteiger partial charge in [0.1, 0.15) is 0 Å². The fourth-order valence-electron chi connectivity index (χ4n) is 0.923. The van der Waals surface area contributed by atoms with Crippen LogP contribution in [0.2, 0.25) is 0 Å². The highest BCUT2D eigenvalue weighted by atomic mass is 79.9. The van der Waals surface area contributed by atoms with Gasteiger partial charge in [-0.25, -0.2) is 5.43 Å². The van der Waals surface area contributed by atoms with Gasteiger partial charge in [-0.15, -0.1) is 6.58 Å². The zero-order chi connectivity index (χ0) is 8.97. The summed E-state index contributed by atoms with van der Waals surface area (Å²) in [6.45, 7) is 3.67. The van der Waals surface area contributed by atoms with Gasteiger partial charge >= 0.3 is 0 Å². The number of hydrogen-bond acceptors (Lipinski definition) is 3. The van der Waals surface area contributed by atoms with Crippen LogP contribution in [-0.4, -0.2) is 4.98 Å². The molecule has 0 amide bonds. The molecule has 3 N–H and O–H groups in total. The van der Waals surface area contributed by atoms with Crippen molar-refractivity contribution in [3.05, 3.63) is 41.2 Å². The van der Waals surface area contributed by atoms with E-state index in [1.165, 1.54) is 0 Å². The summed E-state index contributed by atoms with van der Waals surface area (Å²) in [7, 11) is 0. The van der Waals surface area contributed by atoms with E-state index in [4.69, 9.17) is 5.84 Å². The van der Waals surface area contributed by atoms with Crippen LogP contribution in [0.5, 0.6) is 0 Å². The van der Waals surface area contributed by atoms with Crippen LogP contribution in [0.25, 0.3) is 0 Å². The lowest BCUT2D eigenvalue weighted by atomic mass is 10.1. The molecule has 0 saturated carbocycles. The van der Waals surface area contributed by atoms with Crippen molar-refractivity contribution in [1.29, 1.82) is 0 Å². The van der Waals surface area contributed by atoms with Gasteiger partial charge in [0, 0.05) is 16.9 Å². The van der Waals surface area contributed by atoms with E-state index in [-0.39, 0.29) is 6.04 Å². The Labute approximate surface area is 79.8 Å². The Balaban J connectivity index is 3.00. The van der Waals surface area contributed by atoms with Gasteiger partial charge in [-0.3, -0.25) is 10.8 Å². The first-order valence-electron chi connectivity index (χ1n) is 3.47. The average molecular weight is 228 g/mol. The van der Waals surface area contributed by atoms with Crippen molar-refractivity contribution in [3.63, 3.8) is 0 Å². The van der Waals surface area contributed by atoms with Crippen molar-refractivity contribution >= 4 is 15.9 Å². The summed E-state index contributed by atoms with van der Waals surface area (Å²) in [6, 6.07) is 1.85. The van der Waals surface area contributed by atoms with E-state index in [0.29, 0.717) is 0 Å². The van der Waals surface area contributed by atoms with Gasteiger partial charge in [0.15, 0.2) is 0 Å². The topological polar surface area (TPSA) is 50.9 Å². The van der Waals surface area contributed by atoms with Crippen molar-refractivity contribution in [2.24, 2.45) is 5.84 Å². The van der Waals surface area contributed by atoms with Crippen LogP contribution in [0.1, 0.15) is 11.6 Å². The molecule has 0 bridgehead atoms. The predicted molar refractivity (Wildman–Crippen MR) is 52.2 cm³/mol. The molecule has 0 aliphatic rings. The highest BCUT2D eigenvalue weighted by Gasteiger charge is 2.07. The largest absolute Gasteiger partial charge is 0.271 e.